The molecule has 0 radical (unpaired) electrons. The SMILES string of the molecule is NC(=O)C12C(=O)COC1CCN2C(=O)CCC1CC1. The van der Waals surface area contributed by atoms with Gasteiger partial charge in [0.05, 0.1) is 6.10 Å². The smallest absolute Gasteiger partial charge is 0.254 e. The van der Waals surface area contributed by atoms with Gasteiger partial charge in [-0.25, -0.2) is 0 Å². The largest absolute Gasteiger partial charge is 0.367 e. The molecule has 0 spiro atoms. The number of rotatable bonds is 4. The third-order valence-corrected chi connectivity index (χ3v) is 4.49. The lowest BCUT2D eigenvalue weighted by molar-refractivity contribution is -0.150. The van der Waals surface area contributed by atoms with E-state index in [0.29, 0.717) is 25.3 Å². The Morgan fingerprint density at radius 1 is 1.37 bits per heavy atom. The average molecular weight is 266 g/mol. The molecule has 2 unspecified atom stereocenters. The lowest BCUT2D eigenvalue weighted by Gasteiger charge is -2.32. The van der Waals surface area contributed by atoms with Gasteiger partial charge < -0.3 is 15.4 Å². The minimum absolute atomic E-state index is 0.125. The van der Waals surface area contributed by atoms with Crippen molar-refractivity contribution in [2.45, 2.75) is 43.7 Å². The van der Waals surface area contributed by atoms with E-state index >= 15 is 0 Å². The first-order valence-electron chi connectivity index (χ1n) is 6.82. The number of hydrogen-bond donors (Lipinski definition) is 1. The van der Waals surface area contributed by atoms with Crippen molar-refractivity contribution in [3.63, 3.8) is 0 Å². The maximum absolute atomic E-state index is 12.3. The molecule has 1 aliphatic carbocycles. The molecule has 1 saturated carbocycles. The number of nitrogens with zero attached hydrogens (tertiary/aromatic N) is 1. The first-order valence-corrected chi connectivity index (χ1v) is 6.82. The summed E-state index contributed by atoms with van der Waals surface area (Å²) < 4.78 is 5.33. The van der Waals surface area contributed by atoms with Gasteiger partial charge in [0.25, 0.3) is 5.91 Å². The van der Waals surface area contributed by atoms with Crippen LogP contribution in [-0.4, -0.2) is 47.3 Å². The van der Waals surface area contributed by atoms with Crippen molar-refractivity contribution in [2.75, 3.05) is 13.2 Å². The van der Waals surface area contributed by atoms with E-state index in [1.165, 1.54) is 17.7 Å². The third-order valence-electron chi connectivity index (χ3n) is 4.49. The van der Waals surface area contributed by atoms with Crippen LogP contribution in [0.15, 0.2) is 0 Å². The molecule has 19 heavy (non-hydrogen) atoms. The van der Waals surface area contributed by atoms with Crippen LogP contribution in [-0.2, 0) is 19.1 Å². The second kappa shape index (κ2) is 4.30. The Morgan fingerprint density at radius 2 is 2.11 bits per heavy atom. The molecule has 0 aromatic carbocycles. The van der Waals surface area contributed by atoms with Gasteiger partial charge in [-0.05, 0) is 18.8 Å². The van der Waals surface area contributed by atoms with Crippen molar-refractivity contribution in [3.8, 4) is 0 Å². The van der Waals surface area contributed by atoms with Crippen LogP contribution in [0, 0.1) is 5.92 Å². The van der Waals surface area contributed by atoms with Crippen molar-refractivity contribution in [1.82, 2.24) is 4.90 Å². The summed E-state index contributed by atoms with van der Waals surface area (Å²) in [6.45, 7) is 0.253. The molecule has 6 nitrogen and oxygen atoms in total. The molecule has 2 saturated heterocycles. The molecule has 3 fully saturated rings. The highest BCUT2D eigenvalue weighted by Gasteiger charge is 2.64. The Kier molecular flexibility index (Phi) is 2.85. The molecule has 3 aliphatic rings. The van der Waals surface area contributed by atoms with E-state index in [9.17, 15) is 14.4 Å². The molecule has 3 rings (SSSR count). The Morgan fingerprint density at radius 3 is 2.74 bits per heavy atom. The second-order valence-electron chi connectivity index (χ2n) is 5.67. The quantitative estimate of drug-likeness (QED) is 0.701. The fourth-order valence-corrected chi connectivity index (χ4v) is 3.25. The van der Waals surface area contributed by atoms with E-state index in [1.807, 2.05) is 0 Å². The molecule has 0 aromatic heterocycles. The van der Waals surface area contributed by atoms with Gasteiger partial charge in [-0.3, -0.25) is 14.4 Å². The maximum atomic E-state index is 12.3. The molecule has 0 bridgehead atoms. The zero-order valence-electron chi connectivity index (χ0n) is 10.8. The van der Waals surface area contributed by atoms with Crippen molar-refractivity contribution in [2.24, 2.45) is 11.7 Å². The fourth-order valence-electron chi connectivity index (χ4n) is 3.25. The lowest BCUT2D eigenvalue weighted by Crippen LogP contribution is -2.63. The van der Waals surface area contributed by atoms with Crippen molar-refractivity contribution < 1.29 is 19.1 Å². The highest BCUT2D eigenvalue weighted by Crippen LogP contribution is 2.39. The first kappa shape index (κ1) is 12.6. The van der Waals surface area contributed by atoms with E-state index in [-0.39, 0.29) is 18.3 Å². The summed E-state index contributed by atoms with van der Waals surface area (Å²) >= 11 is 0. The van der Waals surface area contributed by atoms with E-state index in [4.69, 9.17) is 10.5 Å². The average Bonchev–Trinajstić information content (AvgIpc) is 3.02. The summed E-state index contributed by atoms with van der Waals surface area (Å²) in [5.41, 5.74) is 3.90. The zero-order chi connectivity index (χ0) is 13.6. The van der Waals surface area contributed by atoms with Crippen LogP contribution in [0.3, 0.4) is 0 Å². The normalized spacial score (nSPS) is 33.6. The second-order valence-corrected chi connectivity index (χ2v) is 5.67. The van der Waals surface area contributed by atoms with E-state index in [2.05, 4.69) is 0 Å². The van der Waals surface area contributed by atoms with Crippen molar-refractivity contribution in [3.05, 3.63) is 0 Å². The first-order chi connectivity index (χ1) is 9.06. The number of hydrogen-bond acceptors (Lipinski definition) is 4. The minimum Gasteiger partial charge on any atom is -0.367 e. The molecule has 2 heterocycles. The standard InChI is InChI=1S/C13H18N2O4/c14-12(18)13-9(16)7-19-10(13)5-6-15(13)11(17)4-3-8-1-2-8/h8,10H,1-7H2,(H2,14,18). The number of nitrogens with two attached hydrogens (primary N) is 1. The van der Waals surface area contributed by atoms with Gasteiger partial charge in [-0.1, -0.05) is 12.8 Å². The van der Waals surface area contributed by atoms with Crippen molar-refractivity contribution in [1.29, 1.82) is 0 Å². The van der Waals surface area contributed by atoms with Crippen LogP contribution >= 0.6 is 0 Å². The van der Waals surface area contributed by atoms with Crippen molar-refractivity contribution >= 4 is 17.6 Å². The molecule has 6 heteroatoms. The van der Waals surface area contributed by atoms with Gasteiger partial charge in [-0.2, -0.15) is 0 Å². The third kappa shape index (κ3) is 1.77. The van der Waals surface area contributed by atoms with Gasteiger partial charge in [0.2, 0.25) is 11.4 Å². The number of likely N-dealkylation sites (tertiary alicyclic amines) is 1. The van der Waals surface area contributed by atoms with Gasteiger partial charge >= 0.3 is 0 Å². The Balaban J connectivity index is 1.81. The van der Waals surface area contributed by atoms with E-state index in [1.54, 1.807) is 0 Å². The molecule has 2 aliphatic heterocycles. The molecular weight excluding hydrogens is 248 g/mol. The summed E-state index contributed by atoms with van der Waals surface area (Å²) in [5, 5.41) is 0. The van der Waals surface area contributed by atoms with Gasteiger partial charge in [0.15, 0.2) is 5.78 Å². The molecule has 104 valence electrons. The monoisotopic (exact) mass is 266 g/mol. The zero-order valence-corrected chi connectivity index (χ0v) is 10.8. The summed E-state index contributed by atoms with van der Waals surface area (Å²) in [6.07, 6.45) is 3.54. The number of carbonyl (C=O) groups is 3. The summed E-state index contributed by atoms with van der Waals surface area (Å²) in [6, 6.07) is 0. The number of carbonyl (C=O) groups excluding carboxylic acids is 3. The number of ketones is 1. The Labute approximate surface area is 111 Å². The molecule has 2 atom stereocenters. The molecular formula is C13H18N2O4. The highest BCUT2D eigenvalue weighted by atomic mass is 16.5. The molecule has 0 aromatic rings. The summed E-state index contributed by atoms with van der Waals surface area (Å²) in [4.78, 5) is 37.5. The van der Waals surface area contributed by atoms with Gasteiger partial charge in [-0.15, -0.1) is 0 Å². The van der Waals surface area contributed by atoms with Crippen LogP contribution in [0.4, 0.5) is 0 Å². The Bertz CT molecular complexity index is 446. The number of ether oxygens (including phenoxy) is 1. The van der Waals surface area contributed by atoms with Crippen LogP contribution in [0.2, 0.25) is 0 Å². The predicted octanol–water partition coefficient (Wildman–Crippen LogP) is -0.399. The fraction of sp³-hybridized carbons (Fsp3) is 0.769. The van der Waals surface area contributed by atoms with Crippen LogP contribution in [0.1, 0.15) is 32.1 Å². The number of primary amides is 1. The number of fused-ring (bicyclic) bond motifs is 1. The topological polar surface area (TPSA) is 89.7 Å². The number of amides is 2. The Hall–Kier alpha value is -1.43. The van der Waals surface area contributed by atoms with E-state index in [0.717, 1.165) is 6.42 Å². The predicted molar refractivity (Wildman–Crippen MR) is 65.0 cm³/mol. The molecule has 2 N–H and O–H groups in total. The molecule has 2 amide bonds. The lowest BCUT2D eigenvalue weighted by atomic mass is 9.89. The summed E-state index contributed by atoms with van der Waals surface area (Å²) in [7, 11) is 0. The minimum atomic E-state index is -1.53. The van der Waals surface area contributed by atoms with Crippen LogP contribution < -0.4 is 5.73 Å². The van der Waals surface area contributed by atoms with E-state index < -0.39 is 17.6 Å². The number of Topliss-reactive ketones (excluding diaryl/α,β-unsaturated/α-hetero) is 1. The van der Waals surface area contributed by atoms with Crippen LogP contribution in [0.25, 0.3) is 0 Å². The highest BCUT2D eigenvalue weighted by molar-refractivity contribution is 6.15. The van der Waals surface area contributed by atoms with Crippen LogP contribution in [0.5, 0.6) is 0 Å². The van der Waals surface area contributed by atoms with Gasteiger partial charge in [0.1, 0.15) is 6.61 Å². The van der Waals surface area contributed by atoms with Gasteiger partial charge in [0, 0.05) is 13.0 Å². The maximum Gasteiger partial charge on any atom is 0.254 e. The summed E-state index contributed by atoms with van der Waals surface area (Å²) in [5.74, 6) is -0.631.